The van der Waals surface area contributed by atoms with Gasteiger partial charge < -0.3 is 9.15 Å². The van der Waals surface area contributed by atoms with Crippen LogP contribution < -0.4 is 10.2 Å². The number of imide groups is 1. The molecular formula is C21H22N2O5. The molecule has 28 heavy (non-hydrogen) atoms. The first-order valence-corrected chi connectivity index (χ1v) is 9.31. The second kappa shape index (κ2) is 6.60. The summed E-state index contributed by atoms with van der Waals surface area (Å²) in [6.45, 7) is 5.44. The molecule has 3 heterocycles. The number of esters is 1. The third-order valence-corrected chi connectivity index (χ3v) is 5.63. The molecule has 146 valence electrons. The van der Waals surface area contributed by atoms with Crippen LogP contribution >= 0.6 is 0 Å². The number of furan rings is 1. The van der Waals surface area contributed by atoms with Gasteiger partial charge in [0.05, 0.1) is 36.4 Å². The Bertz CT molecular complexity index is 921. The number of rotatable bonds is 4. The van der Waals surface area contributed by atoms with Crippen molar-refractivity contribution in [2.24, 2.45) is 11.8 Å². The van der Waals surface area contributed by atoms with Gasteiger partial charge in [-0.3, -0.25) is 19.7 Å². The van der Waals surface area contributed by atoms with E-state index in [2.05, 4.69) is 5.32 Å². The summed E-state index contributed by atoms with van der Waals surface area (Å²) in [5.74, 6) is -2.43. The van der Waals surface area contributed by atoms with Crippen LogP contribution in [-0.4, -0.2) is 29.9 Å². The minimum absolute atomic E-state index is 0.183. The van der Waals surface area contributed by atoms with E-state index in [1.165, 1.54) is 11.2 Å². The molecule has 0 saturated carbocycles. The van der Waals surface area contributed by atoms with Crippen molar-refractivity contribution >= 4 is 23.5 Å². The first-order chi connectivity index (χ1) is 13.4. The zero-order valence-corrected chi connectivity index (χ0v) is 16.0. The van der Waals surface area contributed by atoms with Gasteiger partial charge in [0.25, 0.3) is 0 Å². The van der Waals surface area contributed by atoms with Crippen molar-refractivity contribution in [1.82, 2.24) is 5.32 Å². The summed E-state index contributed by atoms with van der Waals surface area (Å²) in [5, 5.41) is 3.16. The highest BCUT2D eigenvalue weighted by Gasteiger charge is 2.67. The van der Waals surface area contributed by atoms with E-state index < -0.39 is 35.3 Å². The number of nitrogens with zero attached hydrogens (tertiary/aromatic N) is 1. The number of hydrogen-bond acceptors (Lipinski definition) is 6. The highest BCUT2D eigenvalue weighted by Crippen LogP contribution is 2.50. The molecule has 2 fully saturated rings. The fourth-order valence-electron chi connectivity index (χ4n) is 4.27. The average Bonchev–Trinajstić information content (AvgIpc) is 3.35. The fraction of sp³-hybridized carbons (Fsp3) is 0.381. The summed E-state index contributed by atoms with van der Waals surface area (Å²) in [7, 11) is 0. The van der Waals surface area contributed by atoms with Crippen molar-refractivity contribution in [1.29, 1.82) is 0 Å². The third-order valence-electron chi connectivity index (χ3n) is 5.63. The van der Waals surface area contributed by atoms with E-state index in [9.17, 15) is 14.4 Å². The first kappa shape index (κ1) is 18.4. The molecule has 7 nitrogen and oxygen atoms in total. The minimum Gasteiger partial charge on any atom is -0.468 e. The molecule has 0 spiro atoms. The number of carbonyl (C=O) groups excluding carboxylic acids is 3. The standard InChI is InChI=1S/C21H22N2O5/c1-4-27-20(26)21(3)16-15(17(22-21)14-6-5-11-28-14)18(24)23(19(16)25)13-9-7-12(2)8-10-13/h5-11,15-17,22H,4H2,1-3H3/t15-,16+,17-,21-/m0/s1. The topological polar surface area (TPSA) is 88.8 Å². The zero-order valence-electron chi connectivity index (χ0n) is 16.0. The molecule has 0 unspecified atom stereocenters. The fourth-order valence-corrected chi connectivity index (χ4v) is 4.27. The van der Waals surface area contributed by atoms with E-state index in [0.29, 0.717) is 11.4 Å². The number of amides is 2. The van der Waals surface area contributed by atoms with Gasteiger partial charge in [0.15, 0.2) is 0 Å². The maximum atomic E-state index is 13.3. The first-order valence-electron chi connectivity index (χ1n) is 9.31. The van der Waals surface area contributed by atoms with Gasteiger partial charge in [0.2, 0.25) is 11.8 Å². The predicted octanol–water partition coefficient (Wildman–Crippen LogP) is 2.36. The number of benzene rings is 1. The van der Waals surface area contributed by atoms with Gasteiger partial charge >= 0.3 is 5.97 Å². The van der Waals surface area contributed by atoms with Crippen LogP contribution in [0.3, 0.4) is 0 Å². The van der Waals surface area contributed by atoms with Crippen LogP contribution in [0.25, 0.3) is 0 Å². The Labute approximate surface area is 162 Å². The number of ether oxygens (including phenoxy) is 1. The number of carbonyl (C=O) groups is 3. The van der Waals surface area contributed by atoms with E-state index in [0.717, 1.165) is 5.56 Å². The highest BCUT2D eigenvalue weighted by atomic mass is 16.5. The van der Waals surface area contributed by atoms with Crippen molar-refractivity contribution in [3.05, 3.63) is 54.0 Å². The molecular weight excluding hydrogens is 360 g/mol. The van der Waals surface area contributed by atoms with E-state index in [-0.39, 0.29) is 12.5 Å². The summed E-state index contributed by atoms with van der Waals surface area (Å²) in [5.41, 5.74) is 0.193. The second-order valence-corrected chi connectivity index (χ2v) is 7.41. The van der Waals surface area contributed by atoms with Gasteiger partial charge in [-0.05, 0) is 45.0 Å². The Morgan fingerprint density at radius 1 is 1.21 bits per heavy atom. The van der Waals surface area contributed by atoms with E-state index in [1.807, 2.05) is 19.1 Å². The van der Waals surface area contributed by atoms with Crippen LogP contribution in [0.2, 0.25) is 0 Å². The van der Waals surface area contributed by atoms with Crippen molar-refractivity contribution in [2.75, 3.05) is 11.5 Å². The lowest BCUT2D eigenvalue weighted by Crippen LogP contribution is -2.54. The Hall–Kier alpha value is -2.93. The smallest absolute Gasteiger partial charge is 0.326 e. The number of fused-ring (bicyclic) bond motifs is 1. The SMILES string of the molecule is CCOC(=O)[C@@]1(C)N[C@@H](c2ccco2)[C@H]2C(=O)N(c3ccc(C)cc3)C(=O)[C@@H]21. The Kier molecular flexibility index (Phi) is 4.34. The number of aryl methyl sites for hydroxylation is 1. The molecule has 7 heteroatoms. The quantitative estimate of drug-likeness (QED) is 0.645. The number of nitrogens with one attached hydrogen (secondary N) is 1. The predicted molar refractivity (Wildman–Crippen MR) is 100 cm³/mol. The molecule has 1 N–H and O–H groups in total. The maximum Gasteiger partial charge on any atom is 0.326 e. The molecule has 1 aromatic carbocycles. The van der Waals surface area contributed by atoms with Crippen molar-refractivity contribution in [2.45, 2.75) is 32.4 Å². The van der Waals surface area contributed by atoms with Crippen molar-refractivity contribution in [3.63, 3.8) is 0 Å². The molecule has 2 saturated heterocycles. The van der Waals surface area contributed by atoms with Crippen LogP contribution in [0.5, 0.6) is 0 Å². The Morgan fingerprint density at radius 3 is 2.54 bits per heavy atom. The molecule has 4 atom stereocenters. The van der Waals surface area contributed by atoms with Gasteiger partial charge in [0, 0.05) is 0 Å². The maximum absolute atomic E-state index is 13.3. The van der Waals surface area contributed by atoms with Crippen molar-refractivity contribution < 1.29 is 23.5 Å². The highest BCUT2D eigenvalue weighted by molar-refractivity contribution is 6.24. The second-order valence-electron chi connectivity index (χ2n) is 7.41. The van der Waals surface area contributed by atoms with E-state index in [1.54, 1.807) is 38.1 Å². The summed E-state index contributed by atoms with van der Waals surface area (Å²) in [6.07, 6.45) is 1.50. The molecule has 2 aliphatic rings. The zero-order chi connectivity index (χ0) is 20.1. The average molecular weight is 382 g/mol. The number of anilines is 1. The Morgan fingerprint density at radius 2 is 1.93 bits per heavy atom. The van der Waals surface area contributed by atoms with Gasteiger partial charge in [-0.1, -0.05) is 17.7 Å². The van der Waals surface area contributed by atoms with Crippen molar-refractivity contribution in [3.8, 4) is 0 Å². The molecule has 0 aliphatic carbocycles. The molecule has 4 rings (SSSR count). The normalized spacial score (nSPS) is 29.2. The van der Waals surface area contributed by atoms with Gasteiger partial charge in [-0.2, -0.15) is 0 Å². The largest absolute Gasteiger partial charge is 0.468 e. The number of hydrogen-bond donors (Lipinski definition) is 1. The molecule has 2 aromatic rings. The lowest BCUT2D eigenvalue weighted by atomic mass is 9.81. The molecule has 2 aliphatic heterocycles. The lowest BCUT2D eigenvalue weighted by molar-refractivity contribution is -0.153. The van der Waals surface area contributed by atoms with E-state index in [4.69, 9.17) is 9.15 Å². The van der Waals surface area contributed by atoms with Gasteiger partial charge in [-0.15, -0.1) is 0 Å². The molecule has 0 radical (unpaired) electrons. The minimum atomic E-state index is -1.33. The van der Waals surface area contributed by atoms with Crippen LogP contribution in [0, 0.1) is 18.8 Å². The summed E-state index contributed by atoms with van der Waals surface area (Å²) in [4.78, 5) is 40.6. The van der Waals surface area contributed by atoms with E-state index >= 15 is 0 Å². The monoisotopic (exact) mass is 382 g/mol. The summed E-state index contributed by atoms with van der Waals surface area (Å²) in [6, 6.07) is 10.0. The third kappa shape index (κ3) is 2.57. The van der Waals surface area contributed by atoms with Crippen LogP contribution in [0.15, 0.2) is 47.1 Å². The van der Waals surface area contributed by atoms with Crippen LogP contribution in [0.1, 0.15) is 31.2 Å². The Balaban J connectivity index is 1.80. The van der Waals surface area contributed by atoms with Crippen LogP contribution in [-0.2, 0) is 19.1 Å². The van der Waals surface area contributed by atoms with Crippen LogP contribution in [0.4, 0.5) is 5.69 Å². The van der Waals surface area contributed by atoms with Gasteiger partial charge in [-0.25, -0.2) is 4.90 Å². The lowest BCUT2D eigenvalue weighted by Gasteiger charge is -2.28. The summed E-state index contributed by atoms with van der Waals surface area (Å²) < 4.78 is 10.7. The molecule has 0 bridgehead atoms. The molecule has 1 aromatic heterocycles. The summed E-state index contributed by atoms with van der Waals surface area (Å²) >= 11 is 0. The van der Waals surface area contributed by atoms with Gasteiger partial charge in [0.1, 0.15) is 11.3 Å². The molecule has 2 amide bonds.